The van der Waals surface area contributed by atoms with Gasteiger partial charge in [0.1, 0.15) is 0 Å². The first kappa shape index (κ1) is 24.3. The molecule has 0 aliphatic carbocycles. The van der Waals surface area contributed by atoms with E-state index in [2.05, 4.69) is 21.2 Å². The number of rotatable bonds is 9. The molecule has 166 valence electrons. The third-order valence-electron chi connectivity index (χ3n) is 4.26. The minimum absolute atomic E-state index is 0.283. The molecule has 0 aromatic heterocycles. The van der Waals surface area contributed by atoms with E-state index >= 15 is 0 Å². The van der Waals surface area contributed by atoms with Crippen LogP contribution in [0.5, 0.6) is 5.75 Å². The lowest BCUT2D eigenvalue weighted by atomic mass is 10.00. The van der Waals surface area contributed by atoms with E-state index in [9.17, 15) is 19.1 Å². The molecule has 4 N–H and O–H groups in total. The van der Waals surface area contributed by atoms with Crippen molar-refractivity contribution in [2.75, 3.05) is 12.4 Å². The summed E-state index contributed by atoms with van der Waals surface area (Å²) in [5.74, 6) is -2.08. The number of phenolic OH excluding ortho intramolecular Hbond substituents is 1. The highest BCUT2D eigenvalue weighted by Gasteiger charge is 2.28. The molecule has 0 aliphatic heterocycles. The van der Waals surface area contributed by atoms with E-state index in [4.69, 9.17) is 14.7 Å². The monoisotopic (exact) mass is 496 g/mol. The van der Waals surface area contributed by atoms with Crippen molar-refractivity contribution in [3.8, 4) is 5.75 Å². The summed E-state index contributed by atoms with van der Waals surface area (Å²) in [5.41, 5.74) is 2.26. The quantitative estimate of drug-likeness (QED) is 0.231. The minimum Gasteiger partial charge on any atom is -0.505 e. The fourth-order valence-corrected chi connectivity index (χ4v) is 3.00. The average molecular weight is 497 g/mol. The van der Waals surface area contributed by atoms with Gasteiger partial charge in [-0.05, 0) is 54.8 Å². The van der Waals surface area contributed by atoms with Gasteiger partial charge in [-0.3, -0.25) is 15.3 Å². The number of hydrogen-bond acceptors (Lipinski definition) is 6. The van der Waals surface area contributed by atoms with Crippen molar-refractivity contribution in [1.82, 2.24) is 5.48 Å². The molecule has 2 aromatic carbocycles. The second kappa shape index (κ2) is 12.0. The van der Waals surface area contributed by atoms with Gasteiger partial charge >= 0.3 is 6.09 Å². The predicted octanol–water partition coefficient (Wildman–Crippen LogP) is 4.44. The molecule has 0 heterocycles. The number of benzene rings is 2. The number of hydrogen-bond donors (Lipinski definition) is 4. The first-order valence-electron chi connectivity index (χ1n) is 9.19. The van der Waals surface area contributed by atoms with Crippen LogP contribution in [0.2, 0.25) is 0 Å². The Kier molecular flexibility index (Phi) is 9.44. The van der Waals surface area contributed by atoms with Crippen LogP contribution in [-0.2, 0) is 14.3 Å². The van der Waals surface area contributed by atoms with Crippen molar-refractivity contribution in [2.45, 2.75) is 25.0 Å². The Morgan fingerprint density at radius 1 is 1.23 bits per heavy atom. The number of amides is 2. The highest BCUT2D eigenvalue weighted by molar-refractivity contribution is 9.10. The van der Waals surface area contributed by atoms with E-state index in [-0.39, 0.29) is 5.56 Å². The van der Waals surface area contributed by atoms with Gasteiger partial charge in [-0.25, -0.2) is 14.7 Å². The Morgan fingerprint density at radius 3 is 2.55 bits per heavy atom. The summed E-state index contributed by atoms with van der Waals surface area (Å²) in [6.45, 7) is 0. The first-order chi connectivity index (χ1) is 14.8. The van der Waals surface area contributed by atoms with E-state index in [1.807, 2.05) is 0 Å². The lowest BCUT2D eigenvalue weighted by molar-refractivity contribution is -0.124. The number of anilines is 1. The maximum absolute atomic E-state index is 13.9. The molecule has 8 nitrogen and oxygen atoms in total. The highest BCUT2D eigenvalue weighted by atomic mass is 79.9. The maximum atomic E-state index is 13.9. The summed E-state index contributed by atoms with van der Waals surface area (Å²) in [5, 5.41) is 20.6. The SMILES string of the molecule is CO[C@@H](CC/C=C/C(=O)NO)[C@@H](OC(=O)Nc1ccc(Br)cc1)c1ccc(O)c(F)c1. The summed E-state index contributed by atoms with van der Waals surface area (Å²) < 4.78 is 25.8. The summed E-state index contributed by atoms with van der Waals surface area (Å²) in [6.07, 6.45) is 0.831. The molecule has 2 rings (SSSR count). The molecule has 10 heteroatoms. The fourth-order valence-electron chi connectivity index (χ4n) is 2.74. The number of methoxy groups -OCH3 is 1. The molecular formula is C21H22BrFN2O6. The van der Waals surface area contributed by atoms with Crippen molar-refractivity contribution in [1.29, 1.82) is 0 Å². The molecule has 0 bridgehead atoms. The smallest absolute Gasteiger partial charge is 0.412 e. The molecule has 0 saturated carbocycles. The van der Waals surface area contributed by atoms with Crippen molar-refractivity contribution in [2.24, 2.45) is 0 Å². The molecule has 0 fully saturated rings. The Labute approximate surface area is 186 Å². The number of nitrogens with one attached hydrogen (secondary N) is 2. The number of ether oxygens (including phenoxy) is 2. The summed E-state index contributed by atoms with van der Waals surface area (Å²) in [7, 11) is 1.41. The Bertz CT molecular complexity index is 923. The largest absolute Gasteiger partial charge is 0.505 e. The van der Waals surface area contributed by atoms with E-state index in [0.29, 0.717) is 18.5 Å². The maximum Gasteiger partial charge on any atom is 0.412 e. The third-order valence-corrected chi connectivity index (χ3v) is 4.79. The van der Waals surface area contributed by atoms with E-state index in [0.717, 1.165) is 22.7 Å². The van der Waals surface area contributed by atoms with Crippen molar-refractivity contribution in [3.63, 3.8) is 0 Å². The number of aromatic hydroxyl groups is 1. The molecule has 0 spiro atoms. The Balaban J connectivity index is 2.18. The number of allylic oxidation sites excluding steroid dienone is 1. The number of halogens is 2. The molecule has 0 aliphatic rings. The van der Waals surface area contributed by atoms with E-state index in [1.165, 1.54) is 24.7 Å². The minimum atomic E-state index is -1.00. The molecular weight excluding hydrogens is 475 g/mol. The molecule has 31 heavy (non-hydrogen) atoms. The van der Waals surface area contributed by atoms with Crippen molar-refractivity contribution >= 4 is 33.6 Å². The van der Waals surface area contributed by atoms with Gasteiger partial charge in [0.25, 0.3) is 5.91 Å². The van der Waals surface area contributed by atoms with Crippen LogP contribution in [0.1, 0.15) is 24.5 Å². The number of carbonyl (C=O) groups excluding carboxylic acids is 2. The number of phenols is 1. The molecule has 2 atom stereocenters. The summed E-state index contributed by atoms with van der Waals surface area (Å²) >= 11 is 3.31. The normalized spacial score (nSPS) is 12.9. The van der Waals surface area contributed by atoms with Gasteiger partial charge in [-0.1, -0.05) is 28.1 Å². The molecule has 0 radical (unpaired) electrons. The van der Waals surface area contributed by atoms with Gasteiger partial charge in [0.15, 0.2) is 17.7 Å². The lowest BCUT2D eigenvalue weighted by Gasteiger charge is -2.26. The number of hydroxylamine groups is 1. The van der Waals surface area contributed by atoms with E-state index in [1.54, 1.807) is 24.3 Å². The average Bonchev–Trinajstić information content (AvgIpc) is 2.76. The molecule has 2 amide bonds. The Hall–Kier alpha value is -2.95. The van der Waals surface area contributed by atoms with Gasteiger partial charge in [-0.15, -0.1) is 0 Å². The molecule has 2 aromatic rings. The fraction of sp³-hybridized carbons (Fsp3) is 0.238. The van der Waals surface area contributed by atoms with Crippen LogP contribution in [0.25, 0.3) is 0 Å². The van der Waals surface area contributed by atoms with Crippen LogP contribution in [-0.4, -0.2) is 35.5 Å². The second-order valence-electron chi connectivity index (χ2n) is 6.40. The van der Waals surface area contributed by atoms with Gasteiger partial charge in [0.2, 0.25) is 0 Å². The van der Waals surface area contributed by atoms with E-state index < -0.39 is 35.8 Å². The summed E-state index contributed by atoms with van der Waals surface area (Å²) in [4.78, 5) is 23.5. The van der Waals surface area contributed by atoms with Crippen LogP contribution >= 0.6 is 15.9 Å². The van der Waals surface area contributed by atoms with Crippen molar-refractivity contribution < 1.29 is 33.8 Å². The molecule has 0 saturated heterocycles. The number of carbonyl (C=O) groups is 2. The Morgan fingerprint density at radius 2 is 1.94 bits per heavy atom. The van der Waals surface area contributed by atoms with Gasteiger partial charge in [0.05, 0.1) is 6.10 Å². The van der Waals surface area contributed by atoms with Crippen LogP contribution in [0.15, 0.2) is 59.1 Å². The lowest BCUT2D eigenvalue weighted by Crippen LogP contribution is -2.28. The zero-order valence-electron chi connectivity index (χ0n) is 16.5. The topological polar surface area (TPSA) is 117 Å². The van der Waals surface area contributed by atoms with Gasteiger partial charge in [0, 0.05) is 23.3 Å². The van der Waals surface area contributed by atoms with Crippen LogP contribution in [0.3, 0.4) is 0 Å². The third kappa shape index (κ3) is 7.67. The zero-order valence-corrected chi connectivity index (χ0v) is 18.1. The predicted molar refractivity (Wildman–Crippen MR) is 114 cm³/mol. The molecule has 0 unspecified atom stereocenters. The van der Waals surface area contributed by atoms with Crippen LogP contribution in [0, 0.1) is 5.82 Å². The van der Waals surface area contributed by atoms with Crippen LogP contribution in [0.4, 0.5) is 14.9 Å². The van der Waals surface area contributed by atoms with Crippen LogP contribution < -0.4 is 10.8 Å². The second-order valence-corrected chi connectivity index (χ2v) is 7.31. The highest BCUT2D eigenvalue weighted by Crippen LogP contribution is 2.30. The first-order valence-corrected chi connectivity index (χ1v) is 9.98. The standard InChI is InChI=1S/C21H22BrFN2O6/c1-30-18(4-2-3-5-19(27)25-29)20(13-6-11-17(26)16(23)12-13)31-21(28)24-15-9-7-14(22)8-10-15/h3,5-12,18,20,26,29H,2,4H2,1H3,(H,24,28)(H,25,27)/b5-3+/t18-,20-/m0/s1. The summed E-state index contributed by atoms with van der Waals surface area (Å²) in [6, 6.07) is 10.5. The van der Waals surface area contributed by atoms with Crippen molar-refractivity contribution in [3.05, 3.63) is 70.5 Å². The van der Waals surface area contributed by atoms with Gasteiger partial charge in [-0.2, -0.15) is 0 Å². The van der Waals surface area contributed by atoms with Gasteiger partial charge < -0.3 is 14.6 Å². The zero-order chi connectivity index (χ0) is 22.8.